The Bertz CT molecular complexity index is 26.0. The van der Waals surface area contributed by atoms with E-state index in [2.05, 4.69) is 0 Å². The average molecular weight is 222 g/mol. The van der Waals surface area contributed by atoms with Gasteiger partial charge in [-0.1, -0.05) is 96.2 Å². The van der Waals surface area contributed by atoms with Crippen LogP contribution in [0.25, 0.3) is 0 Å². The van der Waals surface area contributed by atoms with E-state index >= 15 is 0 Å². The van der Waals surface area contributed by atoms with Crippen LogP contribution in [0.15, 0.2) is 0 Å². The van der Waals surface area contributed by atoms with Crippen LogP contribution in [0.1, 0.15) is 114 Å². The van der Waals surface area contributed by atoms with Crippen LogP contribution in [0.4, 0.5) is 0 Å². The van der Waals surface area contributed by atoms with E-state index < -0.39 is 0 Å². The smallest absolute Gasteiger partial charge is 0.0194 e. The van der Waals surface area contributed by atoms with Gasteiger partial charge >= 0.3 is 0 Å². The maximum Gasteiger partial charge on any atom is 0.0194 e. The fourth-order valence-electron chi connectivity index (χ4n) is 0. The quantitative estimate of drug-likeness (QED) is 0.386. The molecule has 0 aromatic rings. The SMILES string of the molecule is [2H]C.[2H]C.[2H]C.[2H]C.[2H]C.[2H]C.[2H]C.[2H]C.[2H]C.[2H]C.[2H]C.[2H]C.[2H]C. The maximum atomic E-state index is 5.75. The minimum atomic E-state index is 1.25. The highest BCUT2D eigenvalue weighted by atomic mass is 12.0. The molecular weight excluding hydrogens is 156 g/mol. The van der Waals surface area contributed by atoms with Gasteiger partial charge in [-0.15, -0.1) is 0 Å². The Labute approximate surface area is 115 Å². The van der Waals surface area contributed by atoms with Gasteiger partial charge in [-0.2, -0.15) is 0 Å². The zero-order valence-electron chi connectivity index (χ0n) is 26.0. The van der Waals surface area contributed by atoms with E-state index in [-0.39, 0.29) is 0 Å². The van der Waals surface area contributed by atoms with Crippen molar-refractivity contribution >= 4 is 0 Å². The molecule has 0 saturated heterocycles. The van der Waals surface area contributed by atoms with Crippen molar-refractivity contribution in [2.75, 3.05) is 0 Å². The molecule has 0 atom stereocenters. The fourth-order valence-corrected chi connectivity index (χ4v) is 0. The molecule has 0 aliphatic rings. The lowest BCUT2D eigenvalue weighted by Gasteiger charge is -0.0786. The molecule has 0 bridgehead atoms. The number of hydrogen-bond acceptors (Lipinski definition) is 0. The van der Waals surface area contributed by atoms with Crippen molar-refractivity contribution in [3.63, 3.8) is 0 Å². The predicted molar refractivity (Wildman–Crippen MR) is 87.5 cm³/mol. The Kier molecular flexibility index (Phi) is 0. The molecule has 0 aromatic carbocycles. The zero-order valence-corrected chi connectivity index (χ0v) is 13.0. The molecule has 0 aromatic heterocycles. The minimum Gasteiger partial charge on any atom is -0.0776 e. The first-order valence-electron chi connectivity index (χ1n) is 13.0. The Balaban J connectivity index is -0.00000000640. The van der Waals surface area contributed by atoms with Crippen molar-refractivity contribution in [1.29, 1.82) is 0 Å². The summed E-state index contributed by atoms with van der Waals surface area (Å²) in [6.07, 6.45) is 0. The highest BCUT2D eigenvalue weighted by Crippen LogP contribution is 0.156. The molecule has 104 valence electrons. The number of hydrogen-bond donors (Lipinski definition) is 0. The normalized spacial score (nSPS) is 7.00. The first kappa shape index (κ1) is 11.1. The molecule has 0 aliphatic carbocycles. The van der Waals surface area contributed by atoms with Crippen LogP contribution >= 0.6 is 0 Å². The van der Waals surface area contributed by atoms with Crippen molar-refractivity contribution in [2.24, 2.45) is 0 Å². The van der Waals surface area contributed by atoms with Gasteiger partial charge in [0.15, 0.2) is 0 Å². The first-order valence-corrected chi connectivity index (χ1v) is 0. The van der Waals surface area contributed by atoms with Gasteiger partial charge in [-0.25, -0.2) is 0 Å². The number of rotatable bonds is 0. The molecule has 0 radical (unpaired) electrons. The van der Waals surface area contributed by atoms with E-state index in [0.717, 1.165) is 0 Å². The van der Waals surface area contributed by atoms with Crippen molar-refractivity contribution in [1.82, 2.24) is 0 Å². The van der Waals surface area contributed by atoms with Crippen LogP contribution in [0.2, 0.25) is 0 Å². The van der Waals surface area contributed by atoms with Crippen LogP contribution < -0.4 is 0 Å². The Hall–Kier alpha value is 0. The molecule has 0 heteroatoms. The second kappa shape index (κ2) is 0. The third kappa shape index (κ3) is 0. The maximum absolute atomic E-state index is 5.75. The van der Waals surface area contributed by atoms with Gasteiger partial charge in [-0.3, -0.25) is 0 Å². The lowest BCUT2D eigenvalue weighted by atomic mass is 12.0. The molecule has 0 heterocycles. The van der Waals surface area contributed by atoms with E-state index in [0.29, 0.717) is 0 Å². The molecule has 13 heavy (non-hydrogen) atoms. The lowest BCUT2D eigenvalue weighted by Crippen LogP contribution is 0.143. The van der Waals surface area contributed by atoms with Gasteiger partial charge in [0.25, 0.3) is 0 Å². The van der Waals surface area contributed by atoms with E-state index in [1.165, 1.54) is 96.2 Å². The molecule has 0 saturated carbocycles. The molecule has 0 rings (SSSR count). The summed E-state index contributed by atoms with van der Waals surface area (Å²) in [5, 5.41) is 0. The molecule has 0 spiro atoms. The van der Waals surface area contributed by atoms with Gasteiger partial charge in [0.05, 0.1) is 0 Å². The topological polar surface area (TPSA) is 0 Å². The van der Waals surface area contributed by atoms with Gasteiger partial charge in [-0.05, 0) is 0 Å². The summed E-state index contributed by atoms with van der Waals surface area (Å²) in [5.41, 5.74) is 0. The van der Waals surface area contributed by atoms with Gasteiger partial charge in [0, 0.05) is 17.8 Å². The van der Waals surface area contributed by atoms with Crippen molar-refractivity contribution < 1.29 is 17.8 Å². The average Bonchev–Trinajstić information content (AvgIpc) is 2.90. The second-order valence-electron chi connectivity index (χ2n) is 0. The molecule has 0 nitrogen and oxygen atoms in total. The Morgan fingerprint density at radius 3 is 0.231 bits per heavy atom. The summed E-state index contributed by atoms with van der Waals surface area (Å²) in [6, 6.07) is 0. The highest BCUT2D eigenvalue weighted by molar-refractivity contribution is 2.51. The summed E-state index contributed by atoms with van der Waals surface area (Å²) in [6.45, 7) is 0. The van der Waals surface area contributed by atoms with E-state index in [4.69, 9.17) is 17.8 Å². The standard InChI is InChI=1S/13CH4/h13*1H4/i13*1D. The third-order valence-electron chi connectivity index (χ3n) is 0. The van der Waals surface area contributed by atoms with Crippen LogP contribution in [0.5, 0.6) is 0 Å². The fraction of sp³-hybridized carbons (Fsp3) is 1.00. The van der Waals surface area contributed by atoms with Crippen molar-refractivity contribution in [2.45, 2.75) is 96.2 Å². The summed E-state index contributed by atoms with van der Waals surface area (Å²) in [7, 11) is 16.2. The molecule has 0 amide bonds. The molecule has 0 unspecified atom stereocenters. The lowest BCUT2D eigenvalue weighted by molar-refractivity contribution is 2.50. The summed E-state index contributed by atoms with van der Waals surface area (Å²) >= 11 is 0. The molecule has 0 N–H and O–H groups in total. The summed E-state index contributed by atoms with van der Waals surface area (Å²) < 4.78 is 74.8. The van der Waals surface area contributed by atoms with Crippen LogP contribution in [-0.4, -0.2) is 0 Å². The van der Waals surface area contributed by atoms with E-state index in [9.17, 15) is 0 Å². The highest BCUT2D eigenvalue weighted by Gasteiger charge is -0.0656. The minimum absolute atomic E-state index is 1.25. The Morgan fingerprint density at radius 1 is 0.231 bits per heavy atom. The zero-order chi connectivity index (χ0) is 26.0. The monoisotopic (exact) mass is 221 g/mol. The van der Waals surface area contributed by atoms with E-state index in [1.54, 1.807) is 0 Å². The summed E-state index contributed by atoms with van der Waals surface area (Å²) in [5.74, 6) is 0. The molecule has 0 fully saturated rings. The van der Waals surface area contributed by atoms with Gasteiger partial charge in [0.2, 0.25) is 0 Å². The van der Waals surface area contributed by atoms with Crippen LogP contribution in [0, 0.1) is 0 Å². The Morgan fingerprint density at radius 2 is 0.231 bits per heavy atom. The first-order chi connectivity index (χ1) is 13.0. The van der Waals surface area contributed by atoms with Gasteiger partial charge in [0.1, 0.15) is 0 Å². The van der Waals surface area contributed by atoms with E-state index in [1.807, 2.05) is 0 Å². The molecular formula is C13H52. The van der Waals surface area contributed by atoms with Crippen molar-refractivity contribution in [3.05, 3.63) is 0 Å². The summed E-state index contributed by atoms with van der Waals surface area (Å²) in [4.78, 5) is 0. The van der Waals surface area contributed by atoms with Crippen LogP contribution in [0.3, 0.4) is 0 Å². The largest absolute Gasteiger partial charge is 0.0776 e. The van der Waals surface area contributed by atoms with Crippen molar-refractivity contribution in [3.8, 4) is 0 Å². The second-order valence-corrected chi connectivity index (χ2v) is 0. The van der Waals surface area contributed by atoms with Gasteiger partial charge < -0.3 is 0 Å². The van der Waals surface area contributed by atoms with Crippen LogP contribution in [-0.2, 0) is 0 Å². The molecule has 0 aliphatic heterocycles. The predicted octanol–water partition coefficient (Wildman–Crippen LogP) is 8.27. The third-order valence-corrected chi connectivity index (χ3v) is 0.